The minimum atomic E-state index is -4.56. The van der Waals surface area contributed by atoms with Gasteiger partial charge in [0, 0.05) is 17.3 Å². The van der Waals surface area contributed by atoms with E-state index in [1.807, 2.05) is 0 Å². The Morgan fingerprint density at radius 2 is 1.90 bits per heavy atom. The lowest BCUT2D eigenvalue weighted by Crippen LogP contribution is -2.25. The van der Waals surface area contributed by atoms with Crippen molar-refractivity contribution in [1.82, 2.24) is 4.98 Å². The first-order valence-electron chi connectivity index (χ1n) is 8.87. The number of phenols is 1. The molecular weight excluding hydrogens is 407 g/mol. The second-order valence-corrected chi connectivity index (χ2v) is 9.32. The molecule has 2 aromatic rings. The number of aliphatic imine (C=N–C) groups is 1. The number of nitrogens with two attached hydrogens (primary N) is 1. The highest BCUT2D eigenvalue weighted by atomic mass is 32.2. The van der Waals surface area contributed by atoms with Crippen LogP contribution in [0.25, 0.3) is 11.3 Å². The molecule has 0 aliphatic carbocycles. The van der Waals surface area contributed by atoms with Crippen molar-refractivity contribution in [3.8, 4) is 17.0 Å². The zero-order valence-corrected chi connectivity index (χ0v) is 16.4. The topological polar surface area (TPSA) is 106 Å². The summed E-state index contributed by atoms with van der Waals surface area (Å²) < 4.78 is 61.6. The second kappa shape index (κ2) is 7.66. The molecule has 0 bridgehead atoms. The number of alkyl halides is 3. The lowest BCUT2D eigenvalue weighted by molar-refractivity contribution is -0.137. The largest absolute Gasteiger partial charge is 0.507 e. The highest BCUT2D eigenvalue weighted by Gasteiger charge is 2.32. The summed E-state index contributed by atoms with van der Waals surface area (Å²) in [6, 6.07) is 4.64. The fourth-order valence-electron chi connectivity index (χ4n) is 3.21. The lowest BCUT2D eigenvalue weighted by Gasteiger charge is -2.18. The highest BCUT2D eigenvalue weighted by molar-refractivity contribution is 7.91. The number of hydrogen-bond donors (Lipinski definition) is 2. The van der Waals surface area contributed by atoms with Crippen molar-refractivity contribution in [2.45, 2.75) is 32.0 Å². The predicted octanol–water partition coefficient (Wildman–Crippen LogP) is 3.36. The third kappa shape index (κ3) is 4.87. The number of aryl methyl sites for hydroxylation is 1. The minimum Gasteiger partial charge on any atom is -0.507 e. The summed E-state index contributed by atoms with van der Waals surface area (Å²) in [6.45, 7) is 1.45. The molecule has 0 saturated carbocycles. The molecule has 0 atom stereocenters. The average molecular weight is 427 g/mol. The smallest absolute Gasteiger partial charge is 0.416 e. The summed E-state index contributed by atoms with van der Waals surface area (Å²) in [4.78, 5) is 8.57. The van der Waals surface area contributed by atoms with E-state index in [1.165, 1.54) is 13.1 Å². The molecule has 0 radical (unpaired) electrons. The SMILES string of the molecule is Cc1cc(C(F)(F)F)cc(O)c1-c1ccc(C=NC2CCS(=O)(=O)CC2)c(N)n1. The standard InChI is InChI=1S/C19H20F3N3O3S/c1-11-8-13(19(20,21)22)9-16(26)17(11)15-3-2-12(18(23)25-15)10-24-14-4-6-29(27,28)7-5-14/h2-3,8-10,14,26H,4-7H2,1H3,(H2,23,25). The van der Waals surface area contributed by atoms with Gasteiger partial charge in [-0.2, -0.15) is 13.2 Å². The van der Waals surface area contributed by atoms with E-state index in [-0.39, 0.29) is 40.2 Å². The molecule has 0 spiro atoms. The number of aromatic nitrogens is 1. The monoisotopic (exact) mass is 427 g/mol. The van der Waals surface area contributed by atoms with Gasteiger partial charge in [0.25, 0.3) is 0 Å². The van der Waals surface area contributed by atoms with E-state index >= 15 is 0 Å². The third-order valence-electron chi connectivity index (χ3n) is 4.80. The average Bonchev–Trinajstić information content (AvgIpc) is 2.60. The van der Waals surface area contributed by atoms with Gasteiger partial charge in [-0.3, -0.25) is 4.99 Å². The van der Waals surface area contributed by atoms with Gasteiger partial charge in [-0.25, -0.2) is 13.4 Å². The van der Waals surface area contributed by atoms with Crippen LogP contribution < -0.4 is 5.73 Å². The van der Waals surface area contributed by atoms with E-state index in [1.54, 1.807) is 12.1 Å². The van der Waals surface area contributed by atoms with Gasteiger partial charge in [-0.15, -0.1) is 0 Å². The molecule has 6 nitrogen and oxygen atoms in total. The van der Waals surface area contributed by atoms with Crippen molar-refractivity contribution in [2.75, 3.05) is 17.2 Å². The van der Waals surface area contributed by atoms with Crippen LogP contribution in [0.4, 0.5) is 19.0 Å². The first-order valence-corrected chi connectivity index (χ1v) is 10.7. The maximum atomic E-state index is 12.9. The van der Waals surface area contributed by atoms with Crippen LogP contribution in [0.1, 0.15) is 29.5 Å². The van der Waals surface area contributed by atoms with Gasteiger partial charge in [0.15, 0.2) is 0 Å². The van der Waals surface area contributed by atoms with Crippen LogP contribution in [0, 0.1) is 6.92 Å². The number of aromatic hydroxyl groups is 1. The van der Waals surface area contributed by atoms with Crippen LogP contribution in [-0.4, -0.2) is 42.3 Å². The summed E-state index contributed by atoms with van der Waals surface area (Å²) >= 11 is 0. The molecule has 1 aromatic heterocycles. The summed E-state index contributed by atoms with van der Waals surface area (Å²) in [5.74, 6) is -0.218. The van der Waals surface area contributed by atoms with Crippen molar-refractivity contribution >= 4 is 21.9 Å². The number of hydrogen-bond acceptors (Lipinski definition) is 6. The number of sulfone groups is 1. The molecule has 3 rings (SSSR count). The fourth-order valence-corrected chi connectivity index (χ4v) is 4.68. The van der Waals surface area contributed by atoms with E-state index in [0.29, 0.717) is 24.5 Å². The van der Waals surface area contributed by atoms with Crippen LogP contribution in [0.15, 0.2) is 29.3 Å². The van der Waals surface area contributed by atoms with Crippen molar-refractivity contribution in [2.24, 2.45) is 4.99 Å². The molecule has 1 aromatic carbocycles. The van der Waals surface area contributed by atoms with Crippen molar-refractivity contribution < 1.29 is 26.7 Å². The van der Waals surface area contributed by atoms with E-state index in [0.717, 1.165) is 6.07 Å². The first kappa shape index (κ1) is 21.1. The quantitative estimate of drug-likeness (QED) is 0.731. The number of benzene rings is 1. The summed E-state index contributed by atoms with van der Waals surface area (Å²) in [7, 11) is -2.97. The summed E-state index contributed by atoms with van der Waals surface area (Å²) in [5, 5.41) is 10.1. The predicted molar refractivity (Wildman–Crippen MR) is 105 cm³/mol. The number of pyridine rings is 1. The van der Waals surface area contributed by atoms with E-state index in [4.69, 9.17) is 5.73 Å². The van der Waals surface area contributed by atoms with Crippen LogP contribution in [0.2, 0.25) is 0 Å². The molecule has 1 fully saturated rings. The maximum absolute atomic E-state index is 12.9. The summed E-state index contributed by atoms with van der Waals surface area (Å²) in [6.07, 6.45) is -2.15. The molecule has 3 N–H and O–H groups in total. The zero-order chi connectivity index (χ0) is 21.4. The molecule has 2 heterocycles. The molecular formula is C19H20F3N3O3S. The fraction of sp³-hybridized carbons (Fsp3) is 0.368. The van der Waals surface area contributed by atoms with Crippen molar-refractivity contribution in [1.29, 1.82) is 0 Å². The third-order valence-corrected chi connectivity index (χ3v) is 6.52. The van der Waals surface area contributed by atoms with Crippen LogP contribution in [0.5, 0.6) is 5.75 Å². The molecule has 1 aliphatic rings. The molecule has 0 unspecified atom stereocenters. The molecule has 156 valence electrons. The molecule has 10 heteroatoms. The summed E-state index contributed by atoms with van der Waals surface area (Å²) in [5.41, 5.74) is 6.15. The number of nitrogen functional groups attached to an aromatic ring is 1. The maximum Gasteiger partial charge on any atom is 0.416 e. The van der Waals surface area contributed by atoms with Gasteiger partial charge in [0.05, 0.1) is 28.8 Å². The van der Waals surface area contributed by atoms with Gasteiger partial charge in [0.2, 0.25) is 0 Å². The molecule has 0 amide bonds. The number of halogens is 3. The van der Waals surface area contributed by atoms with Gasteiger partial charge in [-0.05, 0) is 49.6 Å². The Kier molecular flexibility index (Phi) is 5.57. The minimum absolute atomic E-state index is 0.105. The van der Waals surface area contributed by atoms with Crippen LogP contribution in [-0.2, 0) is 16.0 Å². The van der Waals surface area contributed by atoms with Crippen LogP contribution in [0.3, 0.4) is 0 Å². The normalized spacial score (nSPS) is 17.7. The molecule has 1 saturated heterocycles. The van der Waals surface area contributed by atoms with Gasteiger partial charge >= 0.3 is 6.18 Å². The highest BCUT2D eigenvalue weighted by Crippen LogP contribution is 2.38. The van der Waals surface area contributed by atoms with Gasteiger partial charge < -0.3 is 10.8 Å². The Morgan fingerprint density at radius 3 is 2.45 bits per heavy atom. The lowest BCUT2D eigenvalue weighted by atomic mass is 10.00. The van der Waals surface area contributed by atoms with E-state index < -0.39 is 27.3 Å². The van der Waals surface area contributed by atoms with Crippen molar-refractivity contribution in [3.05, 3.63) is 41.0 Å². The Balaban J connectivity index is 1.84. The Morgan fingerprint density at radius 1 is 1.24 bits per heavy atom. The van der Waals surface area contributed by atoms with Crippen molar-refractivity contribution in [3.63, 3.8) is 0 Å². The van der Waals surface area contributed by atoms with Crippen LogP contribution >= 0.6 is 0 Å². The number of phenolic OH excluding ortho intramolecular Hbond substituents is 1. The Labute approximate surface area is 166 Å². The molecule has 29 heavy (non-hydrogen) atoms. The number of rotatable bonds is 3. The molecule has 1 aliphatic heterocycles. The Bertz CT molecular complexity index is 1030. The first-order chi connectivity index (χ1) is 13.5. The number of nitrogens with zero attached hydrogens (tertiary/aromatic N) is 2. The van der Waals surface area contributed by atoms with Gasteiger partial charge in [-0.1, -0.05) is 0 Å². The zero-order valence-electron chi connectivity index (χ0n) is 15.6. The van der Waals surface area contributed by atoms with E-state index in [9.17, 15) is 26.7 Å². The van der Waals surface area contributed by atoms with Gasteiger partial charge in [0.1, 0.15) is 21.4 Å². The van der Waals surface area contributed by atoms with E-state index in [2.05, 4.69) is 9.98 Å². The second-order valence-electron chi connectivity index (χ2n) is 7.02. The Hall–Kier alpha value is -2.62. The number of anilines is 1.